The fraction of sp³-hybridized carbons (Fsp3) is 0.120. The minimum Gasteiger partial charge on any atom is -0.383 e. The number of nitrogens with one attached hydrogen (secondary N) is 1. The SMILES string of the molecule is Cc1ccccc1-c1nc2cccc(C)c2nc1Cn1nc(-c2cn[nH]c2)c2c(N)ncnc21. The third-order valence-corrected chi connectivity index (χ3v) is 6.00. The fourth-order valence-corrected chi connectivity index (χ4v) is 4.28. The summed E-state index contributed by atoms with van der Waals surface area (Å²) in [6.45, 7) is 4.49. The van der Waals surface area contributed by atoms with E-state index in [1.807, 2.05) is 41.9 Å². The highest BCUT2D eigenvalue weighted by atomic mass is 15.3. The number of nitrogens with two attached hydrogens (primary N) is 1. The van der Waals surface area contributed by atoms with E-state index in [4.69, 9.17) is 20.8 Å². The molecule has 0 radical (unpaired) electrons. The Bertz CT molecular complexity index is 1670. The largest absolute Gasteiger partial charge is 0.383 e. The van der Waals surface area contributed by atoms with Gasteiger partial charge >= 0.3 is 0 Å². The van der Waals surface area contributed by atoms with Gasteiger partial charge in [-0.05, 0) is 31.0 Å². The van der Waals surface area contributed by atoms with Crippen molar-refractivity contribution < 1.29 is 0 Å². The van der Waals surface area contributed by atoms with Gasteiger partial charge in [0.05, 0.1) is 40.5 Å². The highest BCUT2D eigenvalue weighted by Crippen LogP contribution is 2.32. The van der Waals surface area contributed by atoms with E-state index >= 15 is 0 Å². The van der Waals surface area contributed by atoms with Crippen LogP contribution in [0.1, 0.15) is 16.8 Å². The number of aryl methyl sites for hydroxylation is 2. The van der Waals surface area contributed by atoms with Crippen LogP contribution >= 0.6 is 0 Å². The maximum atomic E-state index is 6.24. The van der Waals surface area contributed by atoms with E-state index in [1.54, 1.807) is 12.4 Å². The molecule has 0 aliphatic heterocycles. The number of fused-ring (bicyclic) bond motifs is 2. The van der Waals surface area contributed by atoms with Crippen molar-refractivity contribution in [2.45, 2.75) is 20.4 Å². The molecular formula is C25H21N9. The van der Waals surface area contributed by atoms with Gasteiger partial charge in [-0.25, -0.2) is 24.6 Å². The second-order valence-electron chi connectivity index (χ2n) is 8.23. The van der Waals surface area contributed by atoms with Crippen LogP contribution in [0.3, 0.4) is 0 Å². The summed E-state index contributed by atoms with van der Waals surface area (Å²) in [4.78, 5) is 18.8. The number of nitrogen functional groups attached to an aromatic ring is 1. The predicted octanol–water partition coefficient (Wildman–Crippen LogP) is 4.07. The molecule has 9 nitrogen and oxygen atoms in total. The van der Waals surface area contributed by atoms with Gasteiger partial charge in [-0.1, -0.05) is 36.4 Å². The number of aromatic amines is 1. The Hall–Kier alpha value is -4.66. The lowest BCUT2D eigenvalue weighted by Crippen LogP contribution is -2.09. The highest BCUT2D eigenvalue weighted by molar-refractivity contribution is 5.98. The van der Waals surface area contributed by atoms with Crippen LogP contribution in [0.25, 0.3) is 44.6 Å². The first-order valence-corrected chi connectivity index (χ1v) is 10.9. The molecule has 0 amide bonds. The van der Waals surface area contributed by atoms with Crippen molar-refractivity contribution in [2.24, 2.45) is 0 Å². The van der Waals surface area contributed by atoms with Crippen LogP contribution in [-0.4, -0.2) is 39.9 Å². The van der Waals surface area contributed by atoms with Crippen molar-refractivity contribution in [1.82, 2.24) is 39.9 Å². The third kappa shape index (κ3) is 3.17. The van der Waals surface area contributed by atoms with E-state index in [9.17, 15) is 0 Å². The molecule has 0 aliphatic rings. The van der Waals surface area contributed by atoms with E-state index in [1.165, 1.54) is 6.33 Å². The molecule has 4 heterocycles. The summed E-state index contributed by atoms with van der Waals surface area (Å²) < 4.78 is 1.81. The lowest BCUT2D eigenvalue weighted by atomic mass is 10.0. The minimum atomic E-state index is 0.367. The molecule has 0 unspecified atom stereocenters. The number of hydrogen-bond donors (Lipinski definition) is 2. The van der Waals surface area contributed by atoms with Gasteiger partial charge in [0.1, 0.15) is 17.8 Å². The number of anilines is 1. The molecule has 0 atom stereocenters. The van der Waals surface area contributed by atoms with Crippen molar-refractivity contribution in [3.05, 3.63) is 78.0 Å². The number of rotatable bonds is 4. The molecule has 3 N–H and O–H groups in total. The molecule has 0 bridgehead atoms. The topological polar surface area (TPSA) is 124 Å². The average Bonchev–Trinajstić information content (AvgIpc) is 3.49. The average molecular weight is 448 g/mol. The number of H-pyrrole nitrogens is 1. The Morgan fingerprint density at radius 3 is 2.62 bits per heavy atom. The van der Waals surface area contributed by atoms with Crippen molar-refractivity contribution in [1.29, 1.82) is 0 Å². The Morgan fingerprint density at radius 1 is 0.941 bits per heavy atom. The maximum absolute atomic E-state index is 6.24. The van der Waals surface area contributed by atoms with Crippen LogP contribution in [0.2, 0.25) is 0 Å². The summed E-state index contributed by atoms with van der Waals surface area (Å²) in [6, 6.07) is 14.2. The second-order valence-corrected chi connectivity index (χ2v) is 8.23. The van der Waals surface area contributed by atoms with E-state index in [0.717, 1.165) is 44.7 Å². The molecule has 166 valence electrons. The Morgan fingerprint density at radius 2 is 1.79 bits per heavy atom. The first-order valence-electron chi connectivity index (χ1n) is 10.9. The Kier molecular flexibility index (Phi) is 4.54. The molecule has 0 fully saturated rings. The monoisotopic (exact) mass is 447 g/mol. The molecule has 6 aromatic rings. The van der Waals surface area contributed by atoms with Crippen molar-refractivity contribution >= 4 is 27.9 Å². The van der Waals surface area contributed by atoms with E-state index in [2.05, 4.69) is 39.2 Å². The maximum Gasteiger partial charge on any atom is 0.164 e. The molecule has 34 heavy (non-hydrogen) atoms. The number of benzene rings is 2. The zero-order valence-electron chi connectivity index (χ0n) is 18.7. The number of para-hydroxylation sites is 1. The van der Waals surface area contributed by atoms with Gasteiger partial charge in [-0.15, -0.1) is 0 Å². The van der Waals surface area contributed by atoms with Crippen LogP contribution in [-0.2, 0) is 6.54 Å². The predicted molar refractivity (Wildman–Crippen MR) is 131 cm³/mol. The van der Waals surface area contributed by atoms with Gasteiger partial charge in [-0.2, -0.15) is 10.2 Å². The molecule has 6 rings (SSSR count). The summed E-state index contributed by atoms with van der Waals surface area (Å²) in [7, 11) is 0. The molecule has 0 aliphatic carbocycles. The first kappa shape index (κ1) is 20.0. The number of hydrogen-bond acceptors (Lipinski definition) is 7. The van der Waals surface area contributed by atoms with Gasteiger partial charge in [0, 0.05) is 17.3 Å². The van der Waals surface area contributed by atoms with E-state index in [0.29, 0.717) is 29.1 Å². The van der Waals surface area contributed by atoms with Gasteiger partial charge in [0.15, 0.2) is 5.65 Å². The molecule has 2 aromatic carbocycles. The summed E-state index contributed by atoms with van der Waals surface area (Å²) in [6.07, 6.45) is 4.93. The molecule has 9 heteroatoms. The van der Waals surface area contributed by atoms with Crippen molar-refractivity contribution in [3.63, 3.8) is 0 Å². The fourth-order valence-electron chi connectivity index (χ4n) is 4.28. The number of aromatic nitrogens is 8. The molecule has 0 saturated heterocycles. The first-order chi connectivity index (χ1) is 16.6. The molecular weight excluding hydrogens is 426 g/mol. The van der Waals surface area contributed by atoms with Crippen LogP contribution in [0.15, 0.2) is 61.2 Å². The molecule has 0 spiro atoms. The second kappa shape index (κ2) is 7.73. The lowest BCUT2D eigenvalue weighted by molar-refractivity contribution is 0.692. The quantitative estimate of drug-likeness (QED) is 0.417. The van der Waals surface area contributed by atoms with Crippen molar-refractivity contribution in [2.75, 3.05) is 5.73 Å². The van der Waals surface area contributed by atoms with Crippen LogP contribution in [0.4, 0.5) is 5.82 Å². The van der Waals surface area contributed by atoms with Crippen LogP contribution < -0.4 is 5.73 Å². The Labute approximate surface area is 194 Å². The zero-order chi connectivity index (χ0) is 23.2. The third-order valence-electron chi connectivity index (χ3n) is 6.00. The Balaban J connectivity index is 1.60. The van der Waals surface area contributed by atoms with Gasteiger partial charge in [0.25, 0.3) is 0 Å². The summed E-state index contributed by atoms with van der Waals surface area (Å²) in [5, 5.41) is 12.4. The summed E-state index contributed by atoms with van der Waals surface area (Å²) in [5.41, 5.74) is 14.9. The lowest BCUT2D eigenvalue weighted by Gasteiger charge is -2.13. The van der Waals surface area contributed by atoms with Crippen molar-refractivity contribution in [3.8, 4) is 22.5 Å². The zero-order valence-corrected chi connectivity index (χ0v) is 18.7. The van der Waals surface area contributed by atoms with Gasteiger partial charge in [-0.3, -0.25) is 5.10 Å². The van der Waals surface area contributed by atoms with Gasteiger partial charge in [0.2, 0.25) is 0 Å². The summed E-state index contributed by atoms with van der Waals surface area (Å²) in [5.74, 6) is 0.368. The normalized spacial score (nSPS) is 11.5. The molecule has 0 saturated carbocycles. The van der Waals surface area contributed by atoms with E-state index in [-0.39, 0.29) is 0 Å². The summed E-state index contributed by atoms with van der Waals surface area (Å²) >= 11 is 0. The molecule has 4 aromatic heterocycles. The van der Waals surface area contributed by atoms with Crippen LogP contribution in [0.5, 0.6) is 0 Å². The smallest absolute Gasteiger partial charge is 0.164 e. The highest BCUT2D eigenvalue weighted by Gasteiger charge is 2.21. The minimum absolute atomic E-state index is 0.367. The van der Waals surface area contributed by atoms with Crippen LogP contribution in [0, 0.1) is 13.8 Å². The standard InChI is InChI=1S/C25H21N9/c1-14-6-3-4-8-17(14)23-19(32-21-15(2)7-5-9-18(21)31-23)12-34-25-20(24(26)27-13-28-25)22(33-34)16-10-29-30-11-16/h3-11,13H,12H2,1-2H3,(H,29,30)(H2,26,27,28). The van der Waals surface area contributed by atoms with Gasteiger partial charge < -0.3 is 5.73 Å². The van der Waals surface area contributed by atoms with E-state index < -0.39 is 0 Å². The number of nitrogens with zero attached hydrogens (tertiary/aromatic N) is 7.